The second-order valence-electron chi connectivity index (χ2n) is 10.4. The molecule has 40 heavy (non-hydrogen) atoms. The second kappa shape index (κ2) is 9.96. The van der Waals surface area contributed by atoms with Crippen molar-refractivity contribution in [2.24, 2.45) is 0 Å². The van der Waals surface area contributed by atoms with Gasteiger partial charge in [-0.05, 0) is 68.6 Å². The summed E-state index contributed by atoms with van der Waals surface area (Å²) in [5.74, 6) is -2.62. The maximum atomic E-state index is 14.5. The van der Waals surface area contributed by atoms with Crippen molar-refractivity contribution in [3.63, 3.8) is 0 Å². The normalized spacial score (nSPS) is 11.7. The van der Waals surface area contributed by atoms with Crippen LogP contribution >= 0.6 is 0 Å². The maximum Gasteiger partial charge on any atom is 0.353 e. The minimum atomic E-state index is -1.37. The first-order valence-corrected chi connectivity index (χ1v) is 12.5. The quantitative estimate of drug-likeness (QED) is 0.303. The molecule has 0 aliphatic rings. The molecule has 0 saturated heterocycles. The molecule has 0 spiro atoms. The molecule has 5 rings (SSSR count). The summed E-state index contributed by atoms with van der Waals surface area (Å²) in [6.07, 6.45) is 1.41. The fraction of sp³-hybridized carbons (Fsp3) is 0.200. The number of nitrogens with one attached hydrogen (secondary N) is 1. The lowest BCUT2D eigenvalue weighted by Crippen LogP contribution is -2.30. The molecular formula is C30H26FN3O6. The van der Waals surface area contributed by atoms with Crippen LogP contribution in [0.1, 0.15) is 36.8 Å². The number of carboxylic acid groups (broad SMARTS) is 1. The van der Waals surface area contributed by atoms with Crippen molar-refractivity contribution in [3.05, 3.63) is 105 Å². The van der Waals surface area contributed by atoms with Gasteiger partial charge in [0.2, 0.25) is 0 Å². The van der Waals surface area contributed by atoms with Gasteiger partial charge >= 0.3 is 11.9 Å². The number of hydrogen-bond acceptors (Lipinski definition) is 5. The Balaban J connectivity index is 1.71. The number of halogens is 1. The zero-order valence-electron chi connectivity index (χ0n) is 22.0. The lowest BCUT2D eigenvalue weighted by molar-refractivity contribution is -0.155. The molecule has 3 heterocycles. The second-order valence-corrected chi connectivity index (χ2v) is 10.4. The third kappa shape index (κ3) is 5.03. The van der Waals surface area contributed by atoms with E-state index in [9.17, 15) is 28.7 Å². The Morgan fingerprint density at radius 1 is 1.02 bits per heavy atom. The van der Waals surface area contributed by atoms with Crippen LogP contribution in [0, 0.1) is 5.82 Å². The molecule has 0 aliphatic carbocycles. The number of benzene rings is 2. The Labute approximate surface area is 227 Å². The Morgan fingerprint density at radius 3 is 2.50 bits per heavy atom. The van der Waals surface area contributed by atoms with Crippen molar-refractivity contribution >= 4 is 33.7 Å². The van der Waals surface area contributed by atoms with E-state index >= 15 is 0 Å². The van der Waals surface area contributed by atoms with Gasteiger partial charge in [-0.2, -0.15) is 0 Å². The predicted molar refractivity (Wildman–Crippen MR) is 148 cm³/mol. The minimum absolute atomic E-state index is 0.00578. The molecule has 0 unspecified atom stereocenters. The van der Waals surface area contributed by atoms with Gasteiger partial charge in [0, 0.05) is 28.2 Å². The first-order chi connectivity index (χ1) is 18.9. The van der Waals surface area contributed by atoms with E-state index in [2.05, 4.69) is 4.98 Å². The molecule has 2 aromatic carbocycles. The van der Waals surface area contributed by atoms with Gasteiger partial charge in [-0.1, -0.05) is 18.2 Å². The van der Waals surface area contributed by atoms with Crippen LogP contribution in [0.15, 0.2) is 76.4 Å². The summed E-state index contributed by atoms with van der Waals surface area (Å²) < 4.78 is 22.2. The molecule has 0 amide bonds. The number of aromatic carboxylic acids is 1. The number of ether oxygens (including phenoxy) is 1. The summed E-state index contributed by atoms with van der Waals surface area (Å²) >= 11 is 0. The molecule has 0 atom stereocenters. The Kier molecular flexibility index (Phi) is 6.62. The molecule has 3 aromatic heterocycles. The van der Waals surface area contributed by atoms with Crippen LogP contribution in [-0.2, 0) is 22.6 Å². The van der Waals surface area contributed by atoms with E-state index in [0.29, 0.717) is 10.9 Å². The monoisotopic (exact) mass is 543 g/mol. The summed E-state index contributed by atoms with van der Waals surface area (Å²) in [4.78, 5) is 54.4. The lowest BCUT2D eigenvalue weighted by atomic mass is 10.0. The molecule has 0 fully saturated rings. The van der Waals surface area contributed by atoms with Gasteiger partial charge in [-0.3, -0.25) is 14.4 Å². The number of carbonyl (C=O) groups is 2. The van der Waals surface area contributed by atoms with Crippen LogP contribution in [0.4, 0.5) is 4.39 Å². The number of fused-ring (bicyclic) bond motifs is 2. The van der Waals surface area contributed by atoms with E-state index in [-0.39, 0.29) is 41.0 Å². The molecule has 0 bridgehead atoms. The zero-order valence-corrected chi connectivity index (χ0v) is 22.0. The van der Waals surface area contributed by atoms with Gasteiger partial charge in [0.05, 0.1) is 17.6 Å². The number of aromatic amines is 1. The number of esters is 1. The van der Waals surface area contributed by atoms with Crippen molar-refractivity contribution in [2.45, 2.75) is 39.5 Å². The zero-order chi connectivity index (χ0) is 28.8. The third-order valence-electron chi connectivity index (χ3n) is 6.40. The molecule has 0 saturated carbocycles. The van der Waals surface area contributed by atoms with Crippen molar-refractivity contribution in [2.75, 3.05) is 0 Å². The number of aromatic nitrogens is 3. The Morgan fingerprint density at radius 2 is 1.77 bits per heavy atom. The SMILES string of the molecule is CC(C)(C)OC(=O)Cn1cccc(-c2c(C(=O)O)n(Cc3cc4ccccc4[nH]c3=O)c3cc(F)ccc23)c1=O. The first-order valence-electron chi connectivity index (χ1n) is 12.5. The fourth-order valence-corrected chi connectivity index (χ4v) is 4.83. The smallest absolute Gasteiger partial charge is 0.353 e. The highest BCUT2D eigenvalue weighted by Crippen LogP contribution is 2.35. The molecular weight excluding hydrogens is 517 g/mol. The number of pyridine rings is 2. The largest absolute Gasteiger partial charge is 0.477 e. The topological polar surface area (TPSA) is 123 Å². The lowest BCUT2D eigenvalue weighted by Gasteiger charge is -2.19. The van der Waals surface area contributed by atoms with E-state index < -0.39 is 34.5 Å². The van der Waals surface area contributed by atoms with E-state index in [1.807, 2.05) is 12.1 Å². The number of nitrogens with zero attached hydrogens (tertiary/aromatic N) is 2. The van der Waals surface area contributed by atoms with Crippen LogP contribution < -0.4 is 11.1 Å². The molecule has 5 aromatic rings. The third-order valence-corrected chi connectivity index (χ3v) is 6.40. The molecule has 0 radical (unpaired) electrons. The number of rotatable bonds is 6. The average Bonchev–Trinajstić information content (AvgIpc) is 3.18. The molecule has 9 nitrogen and oxygen atoms in total. The number of carboxylic acids is 1. The molecule has 0 aliphatic heterocycles. The maximum absolute atomic E-state index is 14.5. The summed E-state index contributed by atoms with van der Waals surface area (Å²) in [5, 5.41) is 11.4. The van der Waals surface area contributed by atoms with E-state index in [4.69, 9.17) is 4.74 Å². The Bertz CT molecular complexity index is 1930. The summed E-state index contributed by atoms with van der Waals surface area (Å²) in [6.45, 7) is 4.54. The van der Waals surface area contributed by atoms with Gasteiger partial charge < -0.3 is 24.0 Å². The highest BCUT2D eigenvalue weighted by molar-refractivity contribution is 6.08. The van der Waals surface area contributed by atoms with E-state index in [1.54, 1.807) is 39.0 Å². The number of para-hydroxylation sites is 1. The van der Waals surface area contributed by atoms with Crippen LogP contribution in [-0.4, -0.2) is 36.8 Å². The van der Waals surface area contributed by atoms with Crippen molar-refractivity contribution in [1.82, 2.24) is 14.1 Å². The van der Waals surface area contributed by atoms with Crippen molar-refractivity contribution < 1.29 is 23.8 Å². The van der Waals surface area contributed by atoms with Crippen molar-refractivity contribution in [1.29, 1.82) is 0 Å². The number of hydrogen-bond donors (Lipinski definition) is 2. The predicted octanol–water partition coefficient (Wildman–Crippen LogP) is 4.54. The van der Waals surface area contributed by atoms with Crippen LogP contribution in [0.5, 0.6) is 0 Å². The summed E-state index contributed by atoms with van der Waals surface area (Å²) in [7, 11) is 0. The van der Waals surface area contributed by atoms with Gasteiger partial charge in [-0.25, -0.2) is 9.18 Å². The van der Waals surface area contributed by atoms with E-state index in [1.165, 1.54) is 41.1 Å². The van der Waals surface area contributed by atoms with Crippen LogP contribution in [0.3, 0.4) is 0 Å². The molecule has 204 valence electrons. The van der Waals surface area contributed by atoms with Crippen molar-refractivity contribution in [3.8, 4) is 11.1 Å². The van der Waals surface area contributed by atoms with Crippen LogP contribution in [0.2, 0.25) is 0 Å². The van der Waals surface area contributed by atoms with E-state index in [0.717, 1.165) is 9.95 Å². The average molecular weight is 544 g/mol. The van der Waals surface area contributed by atoms with Gasteiger partial charge in [0.25, 0.3) is 11.1 Å². The van der Waals surface area contributed by atoms with Gasteiger partial charge in [0.15, 0.2) is 0 Å². The summed E-state index contributed by atoms with van der Waals surface area (Å²) in [6, 6.07) is 15.5. The number of H-pyrrole nitrogens is 1. The first kappa shape index (κ1) is 26.6. The standard InChI is InChI=1S/C30H26FN3O6/c1-30(2,3)40-24(35)16-33-12-6-8-21(28(33)37)25-20-11-10-19(31)14-23(20)34(26(25)29(38)39)15-18-13-17-7-4-5-9-22(17)32-27(18)36/h4-14H,15-16H2,1-3H3,(H,32,36)(H,38,39). The highest BCUT2D eigenvalue weighted by Gasteiger charge is 2.27. The fourth-order valence-electron chi connectivity index (χ4n) is 4.83. The summed E-state index contributed by atoms with van der Waals surface area (Å²) in [5.41, 5.74) is -0.959. The molecule has 10 heteroatoms. The highest BCUT2D eigenvalue weighted by atomic mass is 19.1. The van der Waals surface area contributed by atoms with Crippen LogP contribution in [0.25, 0.3) is 32.9 Å². The minimum Gasteiger partial charge on any atom is -0.477 e. The van der Waals surface area contributed by atoms with Gasteiger partial charge in [0.1, 0.15) is 23.7 Å². The number of carbonyl (C=O) groups excluding carboxylic acids is 1. The van der Waals surface area contributed by atoms with Gasteiger partial charge in [-0.15, -0.1) is 0 Å². The Hall–Kier alpha value is -4.99. The molecule has 2 N–H and O–H groups in total.